The molecule has 1 aliphatic rings. The zero-order chi connectivity index (χ0) is 12.1. The third-order valence-electron chi connectivity index (χ3n) is 3.55. The maximum Gasteiger partial charge on any atom is 0.120 e. The van der Waals surface area contributed by atoms with Crippen molar-refractivity contribution in [2.24, 2.45) is 0 Å². The summed E-state index contributed by atoms with van der Waals surface area (Å²) in [5.41, 5.74) is 1.51. The molecule has 2 rings (SSSR count). The molecule has 94 valence electrons. The molecule has 0 N–H and O–H groups in total. The molecule has 0 unspecified atom stereocenters. The van der Waals surface area contributed by atoms with Gasteiger partial charge in [-0.2, -0.15) is 0 Å². The van der Waals surface area contributed by atoms with Crippen LogP contribution >= 0.6 is 22.6 Å². The van der Waals surface area contributed by atoms with Gasteiger partial charge in [-0.15, -0.1) is 0 Å². The number of aryl methyl sites for hydroxylation is 1. The molecule has 17 heavy (non-hydrogen) atoms. The van der Waals surface area contributed by atoms with Gasteiger partial charge in [0.15, 0.2) is 0 Å². The lowest BCUT2D eigenvalue weighted by Crippen LogP contribution is -2.27. The van der Waals surface area contributed by atoms with Gasteiger partial charge in [-0.25, -0.2) is 0 Å². The molecule has 0 aromatic heterocycles. The number of hydrogen-bond acceptors (Lipinski definition) is 1. The first kappa shape index (κ1) is 13.2. The van der Waals surface area contributed by atoms with E-state index in [9.17, 15) is 0 Å². The number of alkyl halides is 1. The molecule has 0 heterocycles. The van der Waals surface area contributed by atoms with Crippen LogP contribution in [0.1, 0.15) is 44.6 Å². The Bertz CT molecular complexity index is 338. The second kappa shape index (κ2) is 6.07. The number of rotatable bonds is 5. The third-order valence-corrected chi connectivity index (χ3v) is 4.31. The van der Waals surface area contributed by atoms with Crippen molar-refractivity contribution < 1.29 is 4.74 Å². The van der Waals surface area contributed by atoms with Crippen LogP contribution in [0.15, 0.2) is 24.3 Å². The van der Waals surface area contributed by atoms with E-state index in [0.29, 0.717) is 0 Å². The summed E-state index contributed by atoms with van der Waals surface area (Å²) in [7, 11) is 0. The molecular formula is C15H21IO. The van der Waals surface area contributed by atoms with Crippen molar-refractivity contribution in [1.29, 1.82) is 0 Å². The monoisotopic (exact) mass is 344 g/mol. The second-order valence-corrected chi connectivity index (χ2v) is 6.27. The van der Waals surface area contributed by atoms with Gasteiger partial charge in [-0.3, -0.25) is 0 Å². The summed E-state index contributed by atoms with van der Waals surface area (Å²) in [5, 5.41) is 0. The summed E-state index contributed by atoms with van der Waals surface area (Å²) in [6.07, 6.45) is 7.46. The van der Waals surface area contributed by atoms with Crippen molar-refractivity contribution in [3.63, 3.8) is 0 Å². The van der Waals surface area contributed by atoms with Gasteiger partial charge >= 0.3 is 0 Å². The summed E-state index contributed by atoms with van der Waals surface area (Å²) < 4.78 is 7.35. The average molecular weight is 344 g/mol. The van der Waals surface area contributed by atoms with E-state index in [4.69, 9.17) is 4.74 Å². The fourth-order valence-corrected chi connectivity index (χ4v) is 2.89. The fraction of sp³-hybridized carbons (Fsp3) is 0.600. The summed E-state index contributed by atoms with van der Waals surface area (Å²) >= 11 is 2.43. The van der Waals surface area contributed by atoms with Crippen LogP contribution in [-0.4, -0.2) is 10.0 Å². The van der Waals surface area contributed by atoms with Gasteiger partial charge in [0.25, 0.3) is 0 Å². The van der Waals surface area contributed by atoms with Crippen molar-refractivity contribution in [3.05, 3.63) is 29.8 Å². The topological polar surface area (TPSA) is 9.23 Å². The molecule has 1 saturated carbocycles. The van der Waals surface area contributed by atoms with E-state index in [1.807, 2.05) is 0 Å². The van der Waals surface area contributed by atoms with Gasteiger partial charge in [0, 0.05) is 0 Å². The highest BCUT2D eigenvalue weighted by molar-refractivity contribution is 14.1. The Hall–Kier alpha value is -0.250. The van der Waals surface area contributed by atoms with Crippen LogP contribution in [0.4, 0.5) is 0 Å². The van der Waals surface area contributed by atoms with Gasteiger partial charge in [-0.05, 0) is 67.6 Å². The van der Waals surface area contributed by atoms with Crippen LogP contribution < -0.4 is 4.74 Å². The first-order chi connectivity index (χ1) is 8.22. The largest absolute Gasteiger partial charge is 0.488 e. The zero-order valence-electron chi connectivity index (χ0n) is 10.5. The molecule has 1 nitrogen and oxygen atoms in total. The van der Waals surface area contributed by atoms with Crippen LogP contribution in [0.25, 0.3) is 0 Å². The Balaban J connectivity index is 1.93. The van der Waals surface area contributed by atoms with Crippen LogP contribution in [0.5, 0.6) is 5.75 Å². The highest BCUT2D eigenvalue weighted by Gasteiger charge is 2.30. The molecule has 0 atom stereocenters. The van der Waals surface area contributed by atoms with Crippen molar-refractivity contribution >= 4 is 22.6 Å². The van der Waals surface area contributed by atoms with Crippen LogP contribution in [-0.2, 0) is 6.42 Å². The van der Waals surface area contributed by atoms with Gasteiger partial charge in [0.1, 0.15) is 11.4 Å². The van der Waals surface area contributed by atoms with Crippen molar-refractivity contribution in [3.8, 4) is 5.75 Å². The Morgan fingerprint density at radius 3 is 2.41 bits per heavy atom. The Morgan fingerprint density at radius 2 is 1.82 bits per heavy atom. The van der Waals surface area contributed by atoms with Crippen LogP contribution in [0.2, 0.25) is 0 Å². The first-order valence-electron chi connectivity index (χ1n) is 6.56. The lowest BCUT2D eigenvalue weighted by atomic mass is 10.1. The molecule has 1 aliphatic carbocycles. The smallest absolute Gasteiger partial charge is 0.120 e. The summed E-state index contributed by atoms with van der Waals surface area (Å²) in [5.74, 6) is 1.03. The maximum atomic E-state index is 6.12. The summed E-state index contributed by atoms with van der Waals surface area (Å²) in [4.78, 5) is 0. The van der Waals surface area contributed by atoms with E-state index in [-0.39, 0.29) is 5.60 Å². The number of halogens is 1. The fourth-order valence-electron chi connectivity index (χ4n) is 2.50. The lowest BCUT2D eigenvalue weighted by Gasteiger charge is -2.25. The second-order valence-electron chi connectivity index (χ2n) is 5.20. The van der Waals surface area contributed by atoms with E-state index < -0.39 is 0 Å². The van der Waals surface area contributed by atoms with Crippen LogP contribution in [0, 0.1) is 0 Å². The molecule has 0 radical (unpaired) electrons. The SMILES string of the molecule is CC1(Oc2ccc(CCCI)cc2)CCCC1. The molecule has 0 saturated heterocycles. The average Bonchev–Trinajstić information content (AvgIpc) is 2.75. The third kappa shape index (κ3) is 3.87. The van der Waals surface area contributed by atoms with Gasteiger partial charge in [-0.1, -0.05) is 34.7 Å². The lowest BCUT2D eigenvalue weighted by molar-refractivity contribution is 0.0968. The van der Waals surface area contributed by atoms with Gasteiger partial charge in [0.2, 0.25) is 0 Å². The standard InChI is InChI=1S/C15H21IO/c1-15(10-2-3-11-15)17-14-8-6-13(7-9-14)5-4-12-16/h6-9H,2-5,10-12H2,1H3. The van der Waals surface area contributed by atoms with E-state index in [1.54, 1.807) is 0 Å². The predicted molar refractivity (Wildman–Crippen MR) is 81.2 cm³/mol. The highest BCUT2D eigenvalue weighted by Crippen LogP contribution is 2.33. The molecule has 0 aliphatic heterocycles. The molecule has 1 aromatic carbocycles. The molecular weight excluding hydrogens is 323 g/mol. The maximum absolute atomic E-state index is 6.12. The minimum absolute atomic E-state index is 0.0870. The van der Waals surface area contributed by atoms with E-state index in [0.717, 1.165) is 5.75 Å². The van der Waals surface area contributed by atoms with Gasteiger partial charge < -0.3 is 4.74 Å². The molecule has 1 aromatic rings. The highest BCUT2D eigenvalue weighted by atomic mass is 127. The zero-order valence-corrected chi connectivity index (χ0v) is 12.7. The molecule has 2 heteroatoms. The molecule has 0 bridgehead atoms. The normalized spacial score (nSPS) is 18.2. The summed E-state index contributed by atoms with van der Waals surface area (Å²) in [6, 6.07) is 8.68. The van der Waals surface area contributed by atoms with Crippen molar-refractivity contribution in [2.75, 3.05) is 4.43 Å². The van der Waals surface area contributed by atoms with E-state index in [2.05, 4.69) is 53.8 Å². The minimum Gasteiger partial charge on any atom is -0.488 e. The molecule has 0 spiro atoms. The van der Waals surface area contributed by atoms with Gasteiger partial charge in [0.05, 0.1) is 0 Å². The van der Waals surface area contributed by atoms with Crippen LogP contribution in [0.3, 0.4) is 0 Å². The van der Waals surface area contributed by atoms with E-state index in [1.165, 1.54) is 48.5 Å². The predicted octanol–water partition coefficient (Wildman–Crippen LogP) is 4.77. The summed E-state index contributed by atoms with van der Waals surface area (Å²) in [6.45, 7) is 2.24. The quantitative estimate of drug-likeness (QED) is 0.552. The molecule has 1 fully saturated rings. The minimum atomic E-state index is 0.0870. The number of ether oxygens (including phenoxy) is 1. The first-order valence-corrected chi connectivity index (χ1v) is 8.08. The Kier molecular flexibility index (Phi) is 4.71. The Morgan fingerprint density at radius 1 is 1.18 bits per heavy atom. The number of benzene rings is 1. The molecule has 0 amide bonds. The van der Waals surface area contributed by atoms with Crippen molar-refractivity contribution in [1.82, 2.24) is 0 Å². The van der Waals surface area contributed by atoms with E-state index >= 15 is 0 Å². The van der Waals surface area contributed by atoms with Crippen molar-refractivity contribution in [2.45, 2.75) is 51.0 Å². The Labute approximate surface area is 118 Å². The number of hydrogen-bond donors (Lipinski definition) is 0.